The maximum absolute atomic E-state index is 13.4. The van der Waals surface area contributed by atoms with Crippen LogP contribution < -0.4 is 5.32 Å². The predicted molar refractivity (Wildman–Crippen MR) is 53.6 cm³/mol. The van der Waals surface area contributed by atoms with Gasteiger partial charge in [-0.2, -0.15) is 0 Å². The average molecular weight is 241 g/mol. The van der Waals surface area contributed by atoms with Crippen LogP contribution in [0.3, 0.4) is 0 Å². The number of amides is 1. The lowest BCUT2D eigenvalue weighted by Crippen LogP contribution is -2.45. The molecule has 0 saturated heterocycles. The van der Waals surface area contributed by atoms with Gasteiger partial charge in [-0.05, 0) is 30.0 Å². The van der Waals surface area contributed by atoms with Gasteiger partial charge < -0.3 is 15.2 Å². The molecule has 1 aliphatic rings. The van der Waals surface area contributed by atoms with Crippen molar-refractivity contribution in [2.45, 2.75) is 18.4 Å². The summed E-state index contributed by atoms with van der Waals surface area (Å²) in [6.45, 7) is 0. The number of carbonyl (C=O) groups is 2. The van der Waals surface area contributed by atoms with E-state index in [1.165, 1.54) is 0 Å². The van der Waals surface area contributed by atoms with Crippen LogP contribution in [-0.2, 0) is 16.8 Å². The van der Waals surface area contributed by atoms with Crippen molar-refractivity contribution in [3.05, 3.63) is 34.9 Å². The number of halogens is 2. The number of rotatable bonds is 2. The number of benzene rings is 1. The van der Waals surface area contributed by atoms with E-state index in [2.05, 4.69) is 0 Å². The Morgan fingerprint density at radius 2 is 2.18 bits per heavy atom. The van der Waals surface area contributed by atoms with Gasteiger partial charge in [0.05, 0.1) is 0 Å². The number of aldehydes is 1. The molecule has 0 aromatic heterocycles. The Morgan fingerprint density at radius 3 is 2.76 bits per heavy atom. The number of hydrogen-bond donors (Lipinski definition) is 2. The zero-order valence-corrected chi connectivity index (χ0v) is 8.67. The summed E-state index contributed by atoms with van der Waals surface area (Å²) in [5, 5.41) is 10.7. The van der Waals surface area contributed by atoms with Crippen molar-refractivity contribution in [1.82, 2.24) is 5.32 Å². The molecule has 1 atom stereocenters. The third kappa shape index (κ3) is 1.75. The molecular formula is C11H9F2NO3. The highest BCUT2D eigenvalue weighted by atomic mass is 19.1. The molecule has 0 saturated carbocycles. The van der Waals surface area contributed by atoms with Gasteiger partial charge in [0, 0.05) is 6.07 Å². The normalized spacial score (nSPS) is 22.0. The summed E-state index contributed by atoms with van der Waals surface area (Å²) in [5.74, 6) is -1.59. The van der Waals surface area contributed by atoms with Crippen LogP contribution in [0.15, 0.2) is 12.1 Å². The molecule has 2 N–H and O–H groups in total. The van der Waals surface area contributed by atoms with Crippen LogP contribution in [-0.4, -0.2) is 17.5 Å². The maximum Gasteiger partial charge on any atom is 0.405 e. The van der Waals surface area contributed by atoms with Crippen LogP contribution in [0.2, 0.25) is 0 Å². The van der Waals surface area contributed by atoms with Crippen molar-refractivity contribution in [1.29, 1.82) is 0 Å². The van der Waals surface area contributed by atoms with Gasteiger partial charge in [-0.3, -0.25) is 0 Å². The van der Waals surface area contributed by atoms with E-state index in [0.717, 1.165) is 12.1 Å². The van der Waals surface area contributed by atoms with E-state index < -0.39 is 23.3 Å². The monoisotopic (exact) mass is 241 g/mol. The second-order valence-corrected chi connectivity index (χ2v) is 3.93. The third-order valence-electron chi connectivity index (χ3n) is 2.94. The van der Waals surface area contributed by atoms with Gasteiger partial charge in [-0.1, -0.05) is 0 Å². The topological polar surface area (TPSA) is 66.4 Å². The predicted octanol–water partition coefficient (Wildman–Crippen LogP) is 1.57. The van der Waals surface area contributed by atoms with E-state index in [4.69, 9.17) is 5.11 Å². The van der Waals surface area contributed by atoms with Crippen molar-refractivity contribution >= 4 is 12.4 Å². The minimum absolute atomic E-state index is 0.0624. The molecule has 0 fully saturated rings. The molecular weight excluding hydrogens is 232 g/mol. The van der Waals surface area contributed by atoms with Crippen molar-refractivity contribution in [3.8, 4) is 0 Å². The Bertz CT molecular complexity index is 504. The van der Waals surface area contributed by atoms with Crippen molar-refractivity contribution in [2.24, 2.45) is 0 Å². The van der Waals surface area contributed by atoms with E-state index in [0.29, 0.717) is 6.29 Å². The van der Waals surface area contributed by atoms with Crippen LogP contribution in [0.5, 0.6) is 0 Å². The standard InChI is InChI=1S/C11H9F2NO3/c12-6-3-8-7(9(13)4-6)1-2-11(8,5-15)14-10(16)17/h3-5,14H,1-2H2,(H,16,17). The number of fused-ring (bicyclic) bond motifs is 1. The van der Waals surface area contributed by atoms with Crippen molar-refractivity contribution in [2.75, 3.05) is 0 Å². The van der Waals surface area contributed by atoms with Gasteiger partial charge in [-0.15, -0.1) is 0 Å². The van der Waals surface area contributed by atoms with Crippen LogP contribution in [0, 0.1) is 11.6 Å². The minimum atomic E-state index is -1.54. The number of hydrogen-bond acceptors (Lipinski definition) is 2. The first-order chi connectivity index (χ1) is 7.98. The summed E-state index contributed by atoms with van der Waals surface area (Å²) >= 11 is 0. The Kier molecular flexibility index (Phi) is 2.57. The summed E-state index contributed by atoms with van der Waals surface area (Å²) in [6, 6.07) is 1.72. The summed E-state index contributed by atoms with van der Waals surface area (Å²) in [6.07, 6.45) is -0.736. The zero-order chi connectivity index (χ0) is 12.6. The van der Waals surface area contributed by atoms with Crippen molar-refractivity contribution < 1.29 is 23.5 Å². The summed E-state index contributed by atoms with van der Waals surface area (Å²) in [7, 11) is 0. The van der Waals surface area contributed by atoms with Gasteiger partial charge >= 0.3 is 6.09 Å². The lowest BCUT2D eigenvalue weighted by molar-refractivity contribution is -0.113. The highest BCUT2D eigenvalue weighted by Crippen LogP contribution is 2.37. The molecule has 1 amide bonds. The van der Waals surface area contributed by atoms with Gasteiger partial charge in [-0.25, -0.2) is 13.6 Å². The second-order valence-electron chi connectivity index (χ2n) is 3.93. The molecule has 0 radical (unpaired) electrons. The van der Waals surface area contributed by atoms with E-state index in [1.807, 2.05) is 5.32 Å². The van der Waals surface area contributed by atoms with Crippen LogP contribution >= 0.6 is 0 Å². The Hall–Kier alpha value is -1.98. The third-order valence-corrected chi connectivity index (χ3v) is 2.94. The van der Waals surface area contributed by atoms with Crippen molar-refractivity contribution in [3.63, 3.8) is 0 Å². The first-order valence-electron chi connectivity index (χ1n) is 4.94. The van der Waals surface area contributed by atoms with Crippen LogP contribution in [0.4, 0.5) is 13.6 Å². The molecule has 0 heterocycles. The van der Waals surface area contributed by atoms with Gasteiger partial charge in [0.15, 0.2) is 0 Å². The fourth-order valence-electron chi connectivity index (χ4n) is 2.18. The first-order valence-corrected chi connectivity index (χ1v) is 4.94. The highest BCUT2D eigenvalue weighted by Gasteiger charge is 2.41. The lowest BCUT2D eigenvalue weighted by Gasteiger charge is -2.23. The first kappa shape index (κ1) is 11.5. The van der Waals surface area contributed by atoms with Crippen LogP contribution in [0.25, 0.3) is 0 Å². The molecule has 90 valence electrons. The molecule has 1 unspecified atom stereocenters. The molecule has 4 nitrogen and oxygen atoms in total. The largest absolute Gasteiger partial charge is 0.465 e. The Morgan fingerprint density at radius 1 is 1.47 bits per heavy atom. The fraction of sp³-hybridized carbons (Fsp3) is 0.273. The zero-order valence-electron chi connectivity index (χ0n) is 8.67. The Balaban J connectivity index is 2.57. The van der Waals surface area contributed by atoms with E-state index >= 15 is 0 Å². The molecule has 0 bridgehead atoms. The summed E-state index contributed by atoms with van der Waals surface area (Å²) < 4.78 is 26.5. The van der Waals surface area contributed by atoms with E-state index in [9.17, 15) is 18.4 Å². The molecule has 0 spiro atoms. The maximum atomic E-state index is 13.4. The fourth-order valence-corrected chi connectivity index (χ4v) is 2.18. The number of carbonyl (C=O) groups excluding carboxylic acids is 1. The molecule has 1 aliphatic carbocycles. The second kappa shape index (κ2) is 3.80. The SMILES string of the molecule is O=CC1(NC(=O)O)CCc2c(F)cc(F)cc21. The number of nitrogens with one attached hydrogen (secondary N) is 1. The highest BCUT2D eigenvalue weighted by molar-refractivity contribution is 5.78. The summed E-state index contributed by atoms with van der Waals surface area (Å²) in [5.41, 5.74) is -1.29. The molecule has 0 aliphatic heterocycles. The molecule has 17 heavy (non-hydrogen) atoms. The van der Waals surface area contributed by atoms with Gasteiger partial charge in [0.1, 0.15) is 23.5 Å². The van der Waals surface area contributed by atoms with Crippen LogP contribution in [0.1, 0.15) is 17.5 Å². The smallest absolute Gasteiger partial charge is 0.405 e. The molecule has 2 rings (SSSR count). The van der Waals surface area contributed by atoms with Gasteiger partial charge in [0.2, 0.25) is 0 Å². The quantitative estimate of drug-likeness (QED) is 0.772. The number of carboxylic acid groups (broad SMARTS) is 1. The molecule has 6 heteroatoms. The molecule has 1 aromatic carbocycles. The van der Waals surface area contributed by atoms with Gasteiger partial charge in [0.25, 0.3) is 0 Å². The lowest BCUT2D eigenvalue weighted by atomic mass is 9.93. The van der Waals surface area contributed by atoms with E-state index in [1.54, 1.807) is 0 Å². The Labute approximate surface area is 95.2 Å². The summed E-state index contributed by atoms with van der Waals surface area (Å²) in [4.78, 5) is 21.7. The minimum Gasteiger partial charge on any atom is -0.465 e. The average Bonchev–Trinajstić information content (AvgIpc) is 2.57. The molecule has 1 aromatic rings. The van der Waals surface area contributed by atoms with E-state index in [-0.39, 0.29) is 24.0 Å².